The number of carbonyl (C=O) groups excluding carboxylic acids is 1. The van der Waals surface area contributed by atoms with E-state index in [1.807, 2.05) is 0 Å². The summed E-state index contributed by atoms with van der Waals surface area (Å²) < 4.78 is 11.0. The van der Waals surface area contributed by atoms with Gasteiger partial charge in [-0.2, -0.15) is 0 Å². The average molecular weight is 261 g/mol. The molecule has 2 atom stereocenters. The van der Waals surface area contributed by atoms with Crippen LogP contribution in [0.2, 0.25) is 5.02 Å². The second-order valence-corrected chi connectivity index (χ2v) is 5.36. The molecule has 0 fully saturated rings. The highest BCUT2D eigenvalue weighted by molar-refractivity contribution is 7.84. The van der Waals surface area contributed by atoms with Gasteiger partial charge in [0.25, 0.3) is 5.91 Å². The van der Waals surface area contributed by atoms with Crippen LogP contribution in [0.5, 0.6) is 0 Å². The van der Waals surface area contributed by atoms with Gasteiger partial charge in [0.05, 0.1) is 10.6 Å². The molecule has 0 aliphatic heterocycles. The van der Waals surface area contributed by atoms with E-state index >= 15 is 0 Å². The van der Waals surface area contributed by atoms with Gasteiger partial charge >= 0.3 is 0 Å². The Bertz CT molecular complexity index is 412. The number of rotatable bonds is 4. The lowest BCUT2D eigenvalue weighted by atomic mass is 10.2. The summed E-state index contributed by atoms with van der Waals surface area (Å²) in [6, 6.07) is 1.40. The third kappa shape index (κ3) is 3.90. The normalized spacial score (nSPS) is 14.2. The van der Waals surface area contributed by atoms with Gasteiger partial charge in [-0.05, 0) is 13.0 Å². The van der Waals surface area contributed by atoms with Crippen LogP contribution in [0.3, 0.4) is 0 Å². The van der Waals surface area contributed by atoms with Crippen molar-refractivity contribution in [1.82, 2.24) is 10.3 Å². The van der Waals surface area contributed by atoms with E-state index < -0.39 is 10.8 Å². The van der Waals surface area contributed by atoms with Crippen molar-refractivity contribution in [3.63, 3.8) is 0 Å². The van der Waals surface area contributed by atoms with Crippen LogP contribution in [0.25, 0.3) is 0 Å². The van der Waals surface area contributed by atoms with Crippen molar-refractivity contribution < 1.29 is 9.00 Å². The Morgan fingerprint density at radius 3 is 2.94 bits per heavy atom. The molecule has 0 bridgehead atoms. The van der Waals surface area contributed by atoms with E-state index in [1.54, 1.807) is 19.2 Å². The third-order valence-corrected chi connectivity index (χ3v) is 3.17. The number of aromatic nitrogens is 1. The van der Waals surface area contributed by atoms with Gasteiger partial charge in [0.2, 0.25) is 0 Å². The molecule has 0 saturated heterocycles. The van der Waals surface area contributed by atoms with Crippen LogP contribution in [0.4, 0.5) is 0 Å². The molecule has 1 heterocycles. The van der Waals surface area contributed by atoms with Crippen LogP contribution in [-0.2, 0) is 10.8 Å². The number of amides is 1. The molecule has 16 heavy (non-hydrogen) atoms. The zero-order valence-corrected chi connectivity index (χ0v) is 10.6. The molecular formula is C10H13ClN2O2S. The fourth-order valence-corrected chi connectivity index (χ4v) is 2.22. The monoisotopic (exact) mass is 260 g/mol. The van der Waals surface area contributed by atoms with Crippen molar-refractivity contribution in [2.45, 2.75) is 13.0 Å². The Morgan fingerprint density at radius 2 is 2.38 bits per heavy atom. The molecule has 1 rings (SSSR count). The van der Waals surface area contributed by atoms with Crippen LogP contribution >= 0.6 is 11.6 Å². The topological polar surface area (TPSA) is 59.1 Å². The lowest BCUT2D eigenvalue weighted by Crippen LogP contribution is -2.36. The molecule has 1 amide bonds. The van der Waals surface area contributed by atoms with Crippen molar-refractivity contribution in [2.24, 2.45) is 0 Å². The number of hydrogen-bond acceptors (Lipinski definition) is 3. The van der Waals surface area contributed by atoms with Crippen LogP contribution in [0, 0.1) is 0 Å². The van der Waals surface area contributed by atoms with Gasteiger partial charge < -0.3 is 5.32 Å². The summed E-state index contributed by atoms with van der Waals surface area (Å²) in [6.45, 7) is 1.80. The number of halogens is 1. The predicted molar refractivity (Wildman–Crippen MR) is 65.1 cm³/mol. The fraction of sp³-hybridized carbons (Fsp3) is 0.400. The summed E-state index contributed by atoms with van der Waals surface area (Å²) >= 11 is 5.85. The molecule has 0 saturated carbocycles. The molecule has 6 heteroatoms. The van der Waals surface area contributed by atoms with Crippen LogP contribution in [0.15, 0.2) is 18.5 Å². The first-order valence-electron chi connectivity index (χ1n) is 4.71. The Hall–Kier alpha value is -0.940. The van der Waals surface area contributed by atoms with E-state index in [0.717, 1.165) is 0 Å². The van der Waals surface area contributed by atoms with E-state index in [-0.39, 0.29) is 11.9 Å². The van der Waals surface area contributed by atoms with Crippen molar-refractivity contribution >= 4 is 28.3 Å². The highest BCUT2D eigenvalue weighted by Gasteiger charge is 2.13. The van der Waals surface area contributed by atoms with Gasteiger partial charge in [-0.1, -0.05) is 11.6 Å². The van der Waals surface area contributed by atoms with Gasteiger partial charge in [-0.25, -0.2) is 0 Å². The maximum atomic E-state index is 11.7. The second-order valence-electron chi connectivity index (χ2n) is 3.47. The van der Waals surface area contributed by atoms with Gasteiger partial charge in [0.1, 0.15) is 0 Å². The smallest absolute Gasteiger partial charge is 0.254 e. The molecule has 2 unspecified atom stereocenters. The minimum Gasteiger partial charge on any atom is -0.349 e. The average Bonchev–Trinajstić information content (AvgIpc) is 2.16. The van der Waals surface area contributed by atoms with Gasteiger partial charge in [-0.3, -0.25) is 14.0 Å². The van der Waals surface area contributed by atoms with Gasteiger partial charge in [0.15, 0.2) is 0 Å². The molecule has 0 aromatic carbocycles. The van der Waals surface area contributed by atoms with Crippen LogP contribution in [0.1, 0.15) is 17.3 Å². The fourth-order valence-electron chi connectivity index (χ4n) is 1.24. The standard InChI is InChI=1S/C10H13ClN2O2S/c1-7(6-16(2)15)13-10(14)8-5-12-4-3-9(8)11/h3-5,7H,6H2,1-2H3,(H,13,14). The SMILES string of the molecule is CC(CS(C)=O)NC(=O)c1cnccc1Cl. The second kappa shape index (κ2) is 5.96. The van der Waals surface area contributed by atoms with E-state index in [9.17, 15) is 9.00 Å². The van der Waals surface area contributed by atoms with Gasteiger partial charge in [0, 0.05) is 41.2 Å². The quantitative estimate of drug-likeness (QED) is 0.886. The molecule has 1 aromatic heterocycles. The van der Waals surface area contributed by atoms with E-state index in [1.165, 1.54) is 12.4 Å². The predicted octanol–water partition coefficient (Wildman–Crippen LogP) is 1.23. The summed E-state index contributed by atoms with van der Waals surface area (Å²) in [5, 5.41) is 3.07. The summed E-state index contributed by atoms with van der Waals surface area (Å²) in [7, 11) is -0.937. The highest BCUT2D eigenvalue weighted by Crippen LogP contribution is 2.13. The lowest BCUT2D eigenvalue weighted by Gasteiger charge is -2.12. The zero-order chi connectivity index (χ0) is 12.1. The Kier molecular flexibility index (Phi) is 4.89. The summed E-state index contributed by atoms with van der Waals surface area (Å²) in [4.78, 5) is 15.6. The van der Waals surface area contributed by atoms with E-state index in [4.69, 9.17) is 11.6 Å². The number of hydrogen-bond donors (Lipinski definition) is 1. The molecule has 0 radical (unpaired) electrons. The first-order valence-corrected chi connectivity index (χ1v) is 6.81. The molecule has 88 valence electrons. The molecule has 1 N–H and O–H groups in total. The number of pyridine rings is 1. The molecular weight excluding hydrogens is 248 g/mol. The Morgan fingerprint density at radius 1 is 1.69 bits per heavy atom. The maximum Gasteiger partial charge on any atom is 0.254 e. The third-order valence-electron chi connectivity index (χ3n) is 1.87. The lowest BCUT2D eigenvalue weighted by molar-refractivity contribution is 0.0943. The van der Waals surface area contributed by atoms with E-state index in [2.05, 4.69) is 10.3 Å². The van der Waals surface area contributed by atoms with Crippen molar-refractivity contribution in [3.05, 3.63) is 29.0 Å². The van der Waals surface area contributed by atoms with Crippen LogP contribution in [-0.4, -0.2) is 33.2 Å². The van der Waals surface area contributed by atoms with Gasteiger partial charge in [-0.15, -0.1) is 0 Å². The Labute approximate surface area is 102 Å². The first-order chi connectivity index (χ1) is 7.50. The van der Waals surface area contributed by atoms with E-state index in [0.29, 0.717) is 16.3 Å². The van der Waals surface area contributed by atoms with Crippen molar-refractivity contribution in [3.8, 4) is 0 Å². The Balaban J connectivity index is 2.66. The summed E-state index contributed by atoms with van der Waals surface area (Å²) in [6.07, 6.45) is 4.52. The summed E-state index contributed by atoms with van der Waals surface area (Å²) in [5.41, 5.74) is 0.331. The molecule has 0 aliphatic carbocycles. The first kappa shape index (κ1) is 13.1. The number of nitrogens with zero attached hydrogens (tertiary/aromatic N) is 1. The zero-order valence-electron chi connectivity index (χ0n) is 9.07. The minimum atomic E-state index is -0.937. The minimum absolute atomic E-state index is 0.158. The van der Waals surface area contributed by atoms with Crippen molar-refractivity contribution in [2.75, 3.05) is 12.0 Å². The maximum absolute atomic E-state index is 11.7. The largest absolute Gasteiger partial charge is 0.349 e. The molecule has 1 aromatic rings. The van der Waals surface area contributed by atoms with Crippen LogP contribution < -0.4 is 5.32 Å². The summed E-state index contributed by atoms with van der Waals surface area (Å²) in [5.74, 6) is 0.125. The molecule has 0 aliphatic rings. The molecule has 4 nitrogen and oxygen atoms in total. The van der Waals surface area contributed by atoms with Crippen molar-refractivity contribution in [1.29, 1.82) is 0 Å². The number of nitrogens with one attached hydrogen (secondary N) is 1. The number of carbonyl (C=O) groups is 1. The highest BCUT2D eigenvalue weighted by atomic mass is 35.5. The molecule has 0 spiro atoms.